The topological polar surface area (TPSA) is 65.9 Å². The normalized spacial score (nSPS) is 10.8. The lowest BCUT2D eigenvalue weighted by Crippen LogP contribution is -2.38. The Bertz CT molecular complexity index is 726. The molecule has 0 heterocycles. The van der Waals surface area contributed by atoms with Gasteiger partial charge in [-0.2, -0.15) is 0 Å². The molecular weight excluding hydrogens is 465 g/mol. The lowest BCUT2D eigenvalue weighted by atomic mass is 10.1. The fraction of sp³-hybridized carbons (Fsp3) is 0.316. The Hall–Kier alpha value is -1.67. The van der Waals surface area contributed by atoms with Crippen LogP contribution in [0.15, 0.2) is 47.5 Å². The molecule has 0 bridgehead atoms. The van der Waals surface area contributed by atoms with Crippen molar-refractivity contribution in [2.45, 2.75) is 19.9 Å². The first kappa shape index (κ1) is 22.4. The van der Waals surface area contributed by atoms with E-state index >= 15 is 0 Å². The lowest BCUT2D eigenvalue weighted by molar-refractivity contribution is 0.373. The predicted octanol–water partition coefficient (Wildman–Crippen LogP) is 3.97. The van der Waals surface area contributed by atoms with E-state index in [1.807, 2.05) is 37.3 Å². The SMILES string of the molecule is CCNC(=NCc1ccc(OC)c(O)c1)NCCc1ccccc1Cl.I. The number of phenols is 1. The Balaban J connectivity index is 0.00000338. The summed E-state index contributed by atoms with van der Waals surface area (Å²) in [5.74, 6) is 1.30. The minimum atomic E-state index is 0. The molecule has 0 amide bonds. The van der Waals surface area contributed by atoms with Gasteiger partial charge in [0.05, 0.1) is 13.7 Å². The van der Waals surface area contributed by atoms with Gasteiger partial charge >= 0.3 is 0 Å². The Morgan fingerprint density at radius 3 is 2.62 bits per heavy atom. The van der Waals surface area contributed by atoms with E-state index in [9.17, 15) is 5.11 Å². The summed E-state index contributed by atoms with van der Waals surface area (Å²) in [6.07, 6.45) is 0.813. The van der Waals surface area contributed by atoms with E-state index in [-0.39, 0.29) is 29.7 Å². The third kappa shape index (κ3) is 6.92. The number of nitrogens with one attached hydrogen (secondary N) is 2. The maximum atomic E-state index is 9.84. The van der Waals surface area contributed by atoms with E-state index in [0.717, 1.165) is 41.6 Å². The smallest absolute Gasteiger partial charge is 0.191 e. The molecule has 0 aliphatic rings. The zero-order chi connectivity index (χ0) is 18.1. The summed E-state index contributed by atoms with van der Waals surface area (Å²) in [5, 5.41) is 17.1. The molecule has 2 aromatic rings. The van der Waals surface area contributed by atoms with E-state index < -0.39 is 0 Å². The van der Waals surface area contributed by atoms with Gasteiger partial charge in [-0.05, 0) is 42.7 Å². The number of ether oxygens (including phenoxy) is 1. The molecule has 0 saturated heterocycles. The fourth-order valence-electron chi connectivity index (χ4n) is 2.36. The van der Waals surface area contributed by atoms with Gasteiger partial charge < -0.3 is 20.5 Å². The molecule has 5 nitrogen and oxygen atoms in total. The van der Waals surface area contributed by atoms with E-state index in [1.54, 1.807) is 12.1 Å². The van der Waals surface area contributed by atoms with Crippen molar-refractivity contribution in [2.75, 3.05) is 20.2 Å². The summed E-state index contributed by atoms with van der Waals surface area (Å²) in [6, 6.07) is 13.1. The molecule has 0 unspecified atom stereocenters. The highest BCUT2D eigenvalue weighted by atomic mass is 127. The highest BCUT2D eigenvalue weighted by Crippen LogP contribution is 2.26. The molecule has 3 N–H and O–H groups in total. The average Bonchev–Trinajstić information content (AvgIpc) is 2.61. The Kier molecular flexibility index (Phi) is 10.2. The van der Waals surface area contributed by atoms with Crippen LogP contribution in [0.3, 0.4) is 0 Å². The number of methoxy groups -OCH3 is 1. The number of hydrogen-bond acceptors (Lipinski definition) is 3. The van der Waals surface area contributed by atoms with Gasteiger partial charge in [0.25, 0.3) is 0 Å². The second-order valence-corrected chi connectivity index (χ2v) is 5.88. The molecule has 142 valence electrons. The van der Waals surface area contributed by atoms with E-state index in [1.165, 1.54) is 7.11 Å². The fourth-order valence-corrected chi connectivity index (χ4v) is 2.59. The van der Waals surface area contributed by atoms with Crippen LogP contribution in [0, 0.1) is 0 Å². The summed E-state index contributed by atoms with van der Waals surface area (Å²) in [4.78, 5) is 4.54. The summed E-state index contributed by atoms with van der Waals surface area (Å²) < 4.78 is 5.05. The second-order valence-electron chi connectivity index (χ2n) is 5.47. The summed E-state index contributed by atoms with van der Waals surface area (Å²) in [6.45, 7) is 3.97. The van der Waals surface area contributed by atoms with Crippen LogP contribution in [0.5, 0.6) is 11.5 Å². The number of aliphatic imine (C=N–C) groups is 1. The number of rotatable bonds is 7. The number of guanidine groups is 1. The molecular formula is C19H25ClIN3O2. The molecule has 0 spiro atoms. The van der Waals surface area contributed by atoms with Crippen LogP contribution < -0.4 is 15.4 Å². The summed E-state index contributed by atoms with van der Waals surface area (Å²) >= 11 is 6.17. The number of aromatic hydroxyl groups is 1. The van der Waals surface area contributed by atoms with Crippen LogP contribution in [0.2, 0.25) is 5.02 Å². The van der Waals surface area contributed by atoms with Crippen molar-refractivity contribution in [2.24, 2.45) is 4.99 Å². The Labute approximate surface area is 176 Å². The van der Waals surface area contributed by atoms with Gasteiger partial charge in [0.1, 0.15) is 0 Å². The van der Waals surface area contributed by atoms with Gasteiger partial charge in [0.15, 0.2) is 17.5 Å². The van der Waals surface area contributed by atoms with Crippen molar-refractivity contribution in [1.29, 1.82) is 0 Å². The third-order valence-electron chi connectivity index (χ3n) is 3.65. The van der Waals surface area contributed by atoms with Crippen LogP contribution in [0.25, 0.3) is 0 Å². The van der Waals surface area contributed by atoms with Gasteiger partial charge in [-0.1, -0.05) is 35.9 Å². The number of phenolic OH excluding ortho intramolecular Hbond substituents is 1. The largest absolute Gasteiger partial charge is 0.504 e. The molecule has 26 heavy (non-hydrogen) atoms. The van der Waals surface area contributed by atoms with Crippen molar-refractivity contribution in [3.63, 3.8) is 0 Å². The van der Waals surface area contributed by atoms with Crippen molar-refractivity contribution in [3.05, 3.63) is 58.6 Å². The van der Waals surface area contributed by atoms with Crippen LogP contribution in [0.4, 0.5) is 0 Å². The van der Waals surface area contributed by atoms with Crippen molar-refractivity contribution < 1.29 is 9.84 Å². The molecule has 0 atom stereocenters. The molecule has 0 saturated carbocycles. The van der Waals surface area contributed by atoms with Crippen molar-refractivity contribution in [1.82, 2.24) is 10.6 Å². The van der Waals surface area contributed by atoms with Gasteiger partial charge in [-0.25, -0.2) is 4.99 Å². The molecule has 2 aromatic carbocycles. The van der Waals surface area contributed by atoms with Crippen LogP contribution in [-0.2, 0) is 13.0 Å². The van der Waals surface area contributed by atoms with Crippen molar-refractivity contribution >= 4 is 41.5 Å². The number of halogens is 2. The first-order chi connectivity index (χ1) is 12.1. The number of nitrogens with zero attached hydrogens (tertiary/aromatic N) is 1. The highest BCUT2D eigenvalue weighted by Gasteiger charge is 2.04. The molecule has 0 aliphatic heterocycles. The lowest BCUT2D eigenvalue weighted by Gasteiger charge is -2.12. The second kappa shape index (κ2) is 11.9. The third-order valence-corrected chi connectivity index (χ3v) is 4.02. The van der Waals surface area contributed by atoms with Gasteiger partial charge in [0, 0.05) is 18.1 Å². The van der Waals surface area contributed by atoms with Crippen LogP contribution >= 0.6 is 35.6 Å². The molecule has 0 fully saturated rings. The molecule has 0 radical (unpaired) electrons. The molecule has 7 heteroatoms. The molecule has 0 aliphatic carbocycles. The van der Waals surface area contributed by atoms with E-state index in [0.29, 0.717) is 12.3 Å². The maximum absolute atomic E-state index is 9.84. The predicted molar refractivity (Wildman–Crippen MR) is 118 cm³/mol. The van der Waals surface area contributed by atoms with Crippen LogP contribution in [-0.4, -0.2) is 31.3 Å². The van der Waals surface area contributed by atoms with Crippen LogP contribution in [0.1, 0.15) is 18.1 Å². The summed E-state index contributed by atoms with van der Waals surface area (Å²) in [5.41, 5.74) is 2.01. The Morgan fingerprint density at radius 2 is 1.96 bits per heavy atom. The quantitative estimate of drug-likeness (QED) is 0.313. The number of hydrogen-bond donors (Lipinski definition) is 3. The molecule has 2 rings (SSSR count). The van der Waals surface area contributed by atoms with E-state index in [4.69, 9.17) is 16.3 Å². The standard InChI is InChI=1S/C19H24ClN3O2.HI/c1-3-21-19(22-11-10-15-6-4-5-7-16(15)20)23-13-14-8-9-18(25-2)17(24)12-14;/h4-9,12,24H,3,10-11,13H2,1-2H3,(H2,21,22,23);1H. The first-order valence-corrected chi connectivity index (χ1v) is 8.63. The van der Waals surface area contributed by atoms with Gasteiger partial charge in [0.2, 0.25) is 0 Å². The monoisotopic (exact) mass is 489 g/mol. The summed E-state index contributed by atoms with van der Waals surface area (Å²) in [7, 11) is 1.53. The highest BCUT2D eigenvalue weighted by molar-refractivity contribution is 14.0. The van der Waals surface area contributed by atoms with Gasteiger partial charge in [-0.15, -0.1) is 24.0 Å². The maximum Gasteiger partial charge on any atom is 0.191 e. The van der Waals surface area contributed by atoms with Crippen molar-refractivity contribution in [3.8, 4) is 11.5 Å². The zero-order valence-corrected chi connectivity index (χ0v) is 18.0. The average molecular weight is 490 g/mol. The minimum Gasteiger partial charge on any atom is -0.504 e. The first-order valence-electron chi connectivity index (χ1n) is 8.25. The minimum absolute atomic E-state index is 0. The van der Waals surface area contributed by atoms with Gasteiger partial charge in [-0.3, -0.25) is 0 Å². The molecule has 0 aromatic heterocycles. The number of benzene rings is 2. The zero-order valence-electron chi connectivity index (χ0n) is 15.0. The Morgan fingerprint density at radius 1 is 1.19 bits per heavy atom. The van der Waals surface area contributed by atoms with E-state index in [2.05, 4.69) is 15.6 Å².